The molecule has 3 rings (SSSR count). The molecule has 0 aromatic carbocycles. The Labute approximate surface area is 158 Å². The van der Waals surface area contributed by atoms with Gasteiger partial charge in [0.2, 0.25) is 0 Å². The first-order valence-corrected chi connectivity index (χ1v) is 10.4. The van der Waals surface area contributed by atoms with E-state index < -0.39 is 0 Å². The molecule has 0 saturated carbocycles. The van der Waals surface area contributed by atoms with Gasteiger partial charge in [-0.15, -0.1) is 11.3 Å². The first-order chi connectivity index (χ1) is 12.6. The molecule has 26 heavy (non-hydrogen) atoms. The predicted octanol–water partition coefficient (Wildman–Crippen LogP) is 2.47. The minimum atomic E-state index is -0.374. The lowest BCUT2D eigenvalue weighted by molar-refractivity contribution is 0.0787. The molecule has 2 heterocycles. The highest BCUT2D eigenvalue weighted by atomic mass is 32.1. The lowest BCUT2D eigenvalue weighted by atomic mass is 9.97. The van der Waals surface area contributed by atoms with Crippen molar-refractivity contribution in [1.82, 2.24) is 14.9 Å². The smallest absolute Gasteiger partial charge is 0.259 e. The molecule has 144 valence electrons. The number of methoxy groups -OCH3 is 1. The second-order valence-corrected chi connectivity index (χ2v) is 8.16. The lowest BCUT2D eigenvalue weighted by Gasteiger charge is -2.24. The van der Waals surface area contributed by atoms with Crippen LogP contribution in [0, 0.1) is 0 Å². The van der Waals surface area contributed by atoms with Crippen LogP contribution in [-0.4, -0.2) is 52.9 Å². The van der Waals surface area contributed by atoms with Gasteiger partial charge in [-0.1, -0.05) is 13.3 Å². The molecule has 2 aromatic rings. The summed E-state index contributed by atoms with van der Waals surface area (Å²) in [4.78, 5) is 24.7. The van der Waals surface area contributed by atoms with Gasteiger partial charge >= 0.3 is 0 Å². The molecule has 1 aliphatic rings. The third-order valence-electron chi connectivity index (χ3n) is 4.95. The van der Waals surface area contributed by atoms with Crippen LogP contribution in [-0.2, 0) is 24.1 Å². The van der Waals surface area contributed by atoms with Gasteiger partial charge in [0, 0.05) is 25.1 Å². The molecule has 0 aliphatic heterocycles. The van der Waals surface area contributed by atoms with E-state index in [2.05, 4.69) is 16.8 Å². The zero-order valence-electron chi connectivity index (χ0n) is 15.7. The predicted molar refractivity (Wildman–Crippen MR) is 105 cm³/mol. The third-order valence-corrected chi connectivity index (χ3v) is 6.14. The maximum absolute atomic E-state index is 12.7. The molecule has 1 aliphatic carbocycles. The highest BCUT2D eigenvalue weighted by Gasteiger charge is 2.20. The minimum absolute atomic E-state index is 0.0230. The van der Waals surface area contributed by atoms with Crippen LogP contribution in [0.3, 0.4) is 0 Å². The Morgan fingerprint density at radius 1 is 1.38 bits per heavy atom. The Morgan fingerprint density at radius 2 is 2.19 bits per heavy atom. The number of nitrogens with one attached hydrogen (secondary N) is 1. The molecule has 0 unspecified atom stereocenters. The van der Waals surface area contributed by atoms with Crippen molar-refractivity contribution in [3.05, 3.63) is 26.6 Å². The van der Waals surface area contributed by atoms with E-state index in [-0.39, 0.29) is 11.7 Å². The van der Waals surface area contributed by atoms with Gasteiger partial charge in [0.15, 0.2) is 0 Å². The van der Waals surface area contributed by atoms with E-state index in [9.17, 15) is 9.90 Å². The summed E-state index contributed by atoms with van der Waals surface area (Å²) in [6, 6.07) is 0. The summed E-state index contributed by atoms with van der Waals surface area (Å²) < 4.78 is 5.19. The molecule has 0 radical (unpaired) electrons. The van der Waals surface area contributed by atoms with Gasteiger partial charge in [-0.25, -0.2) is 4.98 Å². The Balaban J connectivity index is 1.82. The maximum atomic E-state index is 12.7. The molecular formula is C19H29N3O3S. The van der Waals surface area contributed by atoms with E-state index in [1.54, 1.807) is 18.4 Å². The average Bonchev–Trinajstić information content (AvgIpc) is 2.98. The largest absolute Gasteiger partial charge is 0.392 e. The summed E-state index contributed by atoms with van der Waals surface area (Å²) in [7, 11) is 1.67. The SMILES string of the molecule is CCC[C@H](O)CN(CCOC)Cc1nc2sc3c(c2c(=O)[nH]1)CCCC3. The highest BCUT2D eigenvalue weighted by Crippen LogP contribution is 2.33. The van der Waals surface area contributed by atoms with Gasteiger partial charge in [-0.2, -0.15) is 0 Å². The average molecular weight is 380 g/mol. The van der Waals surface area contributed by atoms with E-state index in [4.69, 9.17) is 9.72 Å². The number of thiophene rings is 1. The fraction of sp³-hybridized carbons (Fsp3) is 0.684. The van der Waals surface area contributed by atoms with Crippen molar-refractivity contribution >= 4 is 21.6 Å². The standard InChI is InChI=1S/C19H29N3O3S/c1-3-6-13(23)11-22(9-10-25-2)12-16-20-18(24)17-14-7-4-5-8-15(14)26-19(17)21-16/h13,23H,3-12H2,1-2H3,(H,20,21,24)/t13-/m0/s1. The first-order valence-electron chi connectivity index (χ1n) is 9.55. The number of hydrogen-bond acceptors (Lipinski definition) is 6. The Bertz CT molecular complexity index is 786. The molecule has 0 saturated heterocycles. The van der Waals surface area contributed by atoms with Crippen LogP contribution in [0.15, 0.2) is 4.79 Å². The summed E-state index contributed by atoms with van der Waals surface area (Å²) in [5.41, 5.74) is 1.19. The number of aliphatic hydroxyl groups excluding tert-OH is 1. The molecule has 0 fully saturated rings. The van der Waals surface area contributed by atoms with Gasteiger partial charge < -0.3 is 14.8 Å². The van der Waals surface area contributed by atoms with Crippen LogP contribution in [0.1, 0.15) is 48.9 Å². The number of fused-ring (bicyclic) bond motifs is 3. The Morgan fingerprint density at radius 3 is 2.96 bits per heavy atom. The van der Waals surface area contributed by atoms with Gasteiger partial charge in [0.05, 0.1) is 24.6 Å². The van der Waals surface area contributed by atoms with Crippen molar-refractivity contribution in [3.8, 4) is 0 Å². The lowest BCUT2D eigenvalue weighted by Crippen LogP contribution is -2.35. The molecule has 2 N–H and O–H groups in total. The Kier molecular flexibility index (Phi) is 6.80. The molecule has 2 aromatic heterocycles. The van der Waals surface area contributed by atoms with Gasteiger partial charge in [-0.05, 0) is 37.7 Å². The summed E-state index contributed by atoms with van der Waals surface area (Å²) in [5.74, 6) is 0.667. The highest BCUT2D eigenvalue weighted by molar-refractivity contribution is 7.18. The zero-order chi connectivity index (χ0) is 18.5. The van der Waals surface area contributed by atoms with Crippen molar-refractivity contribution in [2.45, 2.75) is 58.1 Å². The van der Waals surface area contributed by atoms with Crippen LogP contribution in [0.2, 0.25) is 0 Å². The van der Waals surface area contributed by atoms with E-state index in [0.29, 0.717) is 32.1 Å². The monoisotopic (exact) mass is 379 g/mol. The fourth-order valence-corrected chi connectivity index (χ4v) is 4.95. The van der Waals surface area contributed by atoms with Crippen molar-refractivity contribution in [3.63, 3.8) is 0 Å². The normalized spacial score (nSPS) is 15.5. The number of rotatable bonds is 9. The first kappa shape index (κ1) is 19.5. The number of aromatic nitrogens is 2. The minimum Gasteiger partial charge on any atom is -0.392 e. The summed E-state index contributed by atoms with van der Waals surface area (Å²) in [6.45, 7) is 4.41. The quantitative estimate of drug-likeness (QED) is 0.700. The van der Waals surface area contributed by atoms with Crippen molar-refractivity contribution in [2.24, 2.45) is 0 Å². The molecular weight excluding hydrogens is 350 g/mol. The van der Waals surface area contributed by atoms with Crippen molar-refractivity contribution in [1.29, 1.82) is 0 Å². The number of nitrogens with zero attached hydrogens (tertiary/aromatic N) is 2. The van der Waals surface area contributed by atoms with E-state index >= 15 is 0 Å². The van der Waals surface area contributed by atoms with Gasteiger partial charge in [0.25, 0.3) is 5.56 Å². The Hall–Kier alpha value is -1.28. The van der Waals surface area contributed by atoms with Crippen molar-refractivity contribution < 1.29 is 9.84 Å². The van der Waals surface area contributed by atoms with Crippen molar-refractivity contribution in [2.75, 3.05) is 26.8 Å². The number of aliphatic hydroxyl groups is 1. The second kappa shape index (κ2) is 9.08. The fourth-order valence-electron chi connectivity index (χ4n) is 3.67. The number of hydrogen-bond donors (Lipinski definition) is 2. The molecule has 7 heteroatoms. The van der Waals surface area contributed by atoms with Gasteiger partial charge in [0.1, 0.15) is 10.7 Å². The molecule has 0 spiro atoms. The van der Waals surface area contributed by atoms with Crippen LogP contribution in [0.25, 0.3) is 10.2 Å². The molecule has 0 bridgehead atoms. The number of ether oxygens (including phenoxy) is 1. The number of H-pyrrole nitrogens is 1. The summed E-state index contributed by atoms with van der Waals surface area (Å²) >= 11 is 1.67. The second-order valence-electron chi connectivity index (χ2n) is 7.07. The van der Waals surface area contributed by atoms with Crippen LogP contribution in [0.4, 0.5) is 0 Å². The van der Waals surface area contributed by atoms with E-state index in [1.807, 2.05) is 0 Å². The zero-order valence-corrected chi connectivity index (χ0v) is 16.5. The van der Waals surface area contributed by atoms with Crippen LogP contribution in [0.5, 0.6) is 0 Å². The molecule has 6 nitrogen and oxygen atoms in total. The third kappa shape index (κ3) is 4.52. The van der Waals surface area contributed by atoms with E-state index in [1.165, 1.54) is 16.9 Å². The number of aromatic amines is 1. The van der Waals surface area contributed by atoms with Crippen LogP contribution >= 0.6 is 11.3 Å². The molecule has 0 amide bonds. The topological polar surface area (TPSA) is 78.5 Å². The maximum Gasteiger partial charge on any atom is 0.259 e. The van der Waals surface area contributed by atoms with Crippen LogP contribution < -0.4 is 5.56 Å². The number of aryl methyl sites for hydroxylation is 2. The van der Waals surface area contributed by atoms with E-state index in [0.717, 1.165) is 42.3 Å². The summed E-state index contributed by atoms with van der Waals surface area (Å²) in [5, 5.41) is 11.0. The van der Waals surface area contributed by atoms with Gasteiger partial charge in [-0.3, -0.25) is 9.69 Å². The summed E-state index contributed by atoms with van der Waals surface area (Å²) in [6.07, 6.45) is 5.74. The molecule has 1 atom stereocenters.